The minimum absolute atomic E-state index is 0.203. The van der Waals surface area contributed by atoms with Gasteiger partial charge in [-0.15, -0.1) is 0 Å². The Morgan fingerprint density at radius 3 is 1.97 bits per heavy atom. The first-order valence-electron chi connectivity index (χ1n) is 9.17. The normalized spacial score (nSPS) is 35.7. The highest BCUT2D eigenvalue weighted by Crippen LogP contribution is 2.63. The zero-order valence-corrected chi connectivity index (χ0v) is 16.2. The van der Waals surface area contributed by atoms with Gasteiger partial charge in [-0.3, -0.25) is 0 Å². The van der Waals surface area contributed by atoms with Crippen LogP contribution >= 0.6 is 0 Å². The zero-order chi connectivity index (χ0) is 23.4. The summed E-state index contributed by atoms with van der Waals surface area (Å²) < 4.78 is 122. The second kappa shape index (κ2) is 7.32. The van der Waals surface area contributed by atoms with Gasteiger partial charge < -0.3 is 14.6 Å². The molecule has 0 aromatic carbocycles. The third kappa shape index (κ3) is 3.59. The molecule has 0 bridgehead atoms. The number of alkyl halides is 8. The molecule has 1 saturated carbocycles. The van der Waals surface area contributed by atoms with Gasteiger partial charge in [0.25, 0.3) is 0 Å². The van der Waals surface area contributed by atoms with Crippen LogP contribution in [0.4, 0.5) is 35.1 Å². The molecule has 0 amide bonds. The third-order valence-corrected chi connectivity index (χ3v) is 5.81. The minimum Gasteiger partial charge on any atom is -0.449 e. The number of aliphatic hydroxyl groups is 1. The van der Waals surface area contributed by atoms with Crippen LogP contribution in [0.15, 0.2) is 12.2 Å². The van der Waals surface area contributed by atoms with Crippen molar-refractivity contribution in [3.05, 3.63) is 12.2 Å². The highest BCUT2D eigenvalue weighted by atomic mass is 19.4. The van der Waals surface area contributed by atoms with Crippen molar-refractivity contribution in [3.63, 3.8) is 0 Å². The van der Waals surface area contributed by atoms with Gasteiger partial charge in [0.1, 0.15) is 0 Å². The first kappa shape index (κ1) is 24.8. The summed E-state index contributed by atoms with van der Waals surface area (Å²) >= 11 is 0. The number of hydrogen-bond donors (Lipinski definition) is 1. The third-order valence-electron chi connectivity index (χ3n) is 5.81. The minimum atomic E-state index is -6.33. The lowest BCUT2D eigenvalue weighted by atomic mass is 9.67. The Balaban J connectivity index is 2.76. The van der Waals surface area contributed by atoms with Crippen molar-refractivity contribution in [1.29, 1.82) is 0 Å². The average molecular weight is 454 g/mol. The van der Waals surface area contributed by atoms with Crippen LogP contribution in [0.1, 0.15) is 52.4 Å². The number of carbonyl (C=O) groups is 1. The van der Waals surface area contributed by atoms with Gasteiger partial charge in [-0.05, 0) is 32.6 Å². The van der Waals surface area contributed by atoms with Crippen LogP contribution in [0, 0.1) is 5.92 Å². The molecule has 2 fully saturated rings. The van der Waals surface area contributed by atoms with Gasteiger partial charge in [0.15, 0.2) is 11.2 Å². The molecule has 0 radical (unpaired) electrons. The maximum absolute atomic E-state index is 15.0. The Labute approximate surface area is 167 Å². The molecular weight excluding hydrogens is 432 g/mol. The predicted octanol–water partition coefficient (Wildman–Crippen LogP) is 5.05. The lowest BCUT2D eigenvalue weighted by Gasteiger charge is -2.58. The number of carbonyl (C=O) groups excluding carboxylic acids is 1. The number of esters is 1. The molecule has 1 aliphatic carbocycles. The van der Waals surface area contributed by atoms with Crippen molar-refractivity contribution < 1.29 is 54.5 Å². The van der Waals surface area contributed by atoms with E-state index in [4.69, 9.17) is 0 Å². The maximum atomic E-state index is 15.0. The van der Waals surface area contributed by atoms with Crippen LogP contribution in [0.5, 0.6) is 0 Å². The second-order valence-corrected chi connectivity index (χ2v) is 8.12. The largest absolute Gasteiger partial charge is 0.449 e. The molecule has 2 aliphatic rings. The van der Waals surface area contributed by atoms with E-state index in [9.17, 15) is 45.0 Å². The van der Waals surface area contributed by atoms with Crippen LogP contribution in [0.2, 0.25) is 0 Å². The van der Waals surface area contributed by atoms with Crippen molar-refractivity contribution >= 4 is 5.97 Å². The Bertz CT molecular complexity index is 697. The molecule has 2 rings (SSSR count). The van der Waals surface area contributed by atoms with Crippen molar-refractivity contribution in [1.82, 2.24) is 0 Å². The standard InChI is InChI=1S/C18H22F8O4/c1-10(2)12(27)29-13(3)9-14(17(21,22)23,11-7-5-4-6-8-11)30-16(28,15(13,19)20)18(24,25)26/h11,28H,1,4-9H2,2-3H3. The van der Waals surface area contributed by atoms with Gasteiger partial charge in [0, 0.05) is 12.0 Å². The number of ether oxygens (including phenoxy) is 2. The predicted molar refractivity (Wildman–Crippen MR) is 86.3 cm³/mol. The molecular formula is C18H22F8O4. The number of hydrogen-bond acceptors (Lipinski definition) is 4. The molecule has 174 valence electrons. The molecule has 0 spiro atoms. The number of rotatable bonds is 3. The Hall–Kier alpha value is -1.43. The van der Waals surface area contributed by atoms with E-state index >= 15 is 0 Å². The summed E-state index contributed by atoms with van der Waals surface area (Å²) in [5, 5.41) is 9.94. The lowest BCUT2D eigenvalue weighted by Crippen LogP contribution is -2.80. The van der Waals surface area contributed by atoms with Gasteiger partial charge in [0.05, 0.1) is 0 Å². The van der Waals surface area contributed by atoms with Gasteiger partial charge in [-0.2, -0.15) is 35.1 Å². The molecule has 4 nitrogen and oxygen atoms in total. The van der Waals surface area contributed by atoms with Crippen molar-refractivity contribution in [2.24, 2.45) is 5.92 Å². The molecule has 3 atom stereocenters. The fraction of sp³-hybridized carbons (Fsp3) is 0.833. The van der Waals surface area contributed by atoms with Gasteiger partial charge in [-0.25, -0.2) is 4.79 Å². The van der Waals surface area contributed by atoms with Gasteiger partial charge in [-0.1, -0.05) is 25.8 Å². The Morgan fingerprint density at radius 1 is 1.07 bits per heavy atom. The van der Waals surface area contributed by atoms with E-state index in [1.54, 1.807) is 0 Å². The van der Waals surface area contributed by atoms with Crippen molar-refractivity contribution in [2.45, 2.75) is 87.6 Å². The monoisotopic (exact) mass is 454 g/mol. The van der Waals surface area contributed by atoms with E-state index in [0.717, 1.165) is 6.92 Å². The van der Waals surface area contributed by atoms with Crippen molar-refractivity contribution in [2.75, 3.05) is 0 Å². The van der Waals surface area contributed by atoms with Gasteiger partial charge >= 0.3 is 30.0 Å². The topological polar surface area (TPSA) is 55.8 Å². The molecule has 30 heavy (non-hydrogen) atoms. The Kier molecular flexibility index (Phi) is 6.06. The van der Waals surface area contributed by atoms with Crippen LogP contribution in [-0.4, -0.2) is 46.3 Å². The maximum Gasteiger partial charge on any atom is 0.449 e. The molecule has 1 saturated heterocycles. The first-order valence-corrected chi connectivity index (χ1v) is 9.17. The highest BCUT2D eigenvalue weighted by Gasteiger charge is 2.86. The summed E-state index contributed by atoms with van der Waals surface area (Å²) in [5.41, 5.74) is -8.04. The van der Waals surface area contributed by atoms with Gasteiger partial charge in [0.2, 0.25) is 0 Å². The van der Waals surface area contributed by atoms with E-state index in [1.165, 1.54) is 0 Å². The molecule has 1 aliphatic heterocycles. The number of halogens is 8. The zero-order valence-electron chi connectivity index (χ0n) is 16.2. The summed E-state index contributed by atoms with van der Waals surface area (Å²) in [5.74, 6) is -14.3. The average Bonchev–Trinajstić information content (AvgIpc) is 2.58. The molecule has 0 aromatic rings. The fourth-order valence-corrected chi connectivity index (χ4v) is 4.15. The SMILES string of the molecule is C=C(C)C(=O)OC1(C)CC(C2CCCCC2)(C(F)(F)F)OC(O)(C(F)(F)F)C1(F)F. The molecule has 0 aromatic heterocycles. The van der Waals surface area contributed by atoms with E-state index in [2.05, 4.69) is 16.1 Å². The fourth-order valence-electron chi connectivity index (χ4n) is 4.15. The lowest BCUT2D eigenvalue weighted by molar-refractivity contribution is -0.522. The Morgan fingerprint density at radius 2 is 1.57 bits per heavy atom. The summed E-state index contributed by atoms with van der Waals surface area (Å²) in [7, 11) is 0. The van der Waals surface area contributed by atoms with Crippen molar-refractivity contribution in [3.8, 4) is 0 Å². The molecule has 1 N–H and O–H groups in total. The summed E-state index contributed by atoms with van der Waals surface area (Å²) in [6.07, 6.45) is -13.3. The summed E-state index contributed by atoms with van der Waals surface area (Å²) in [6, 6.07) is 0. The van der Waals surface area contributed by atoms with Crippen LogP contribution in [0.3, 0.4) is 0 Å². The first-order chi connectivity index (χ1) is 13.3. The van der Waals surface area contributed by atoms with E-state index in [-0.39, 0.29) is 32.6 Å². The summed E-state index contributed by atoms with van der Waals surface area (Å²) in [4.78, 5) is 11.9. The molecule has 3 unspecified atom stereocenters. The van der Waals surface area contributed by atoms with E-state index in [1.807, 2.05) is 0 Å². The van der Waals surface area contributed by atoms with Crippen LogP contribution in [-0.2, 0) is 14.3 Å². The molecule has 12 heteroatoms. The van der Waals surface area contributed by atoms with Crippen LogP contribution < -0.4 is 0 Å². The summed E-state index contributed by atoms with van der Waals surface area (Å²) in [6.45, 7) is 4.32. The highest BCUT2D eigenvalue weighted by molar-refractivity contribution is 5.87. The van der Waals surface area contributed by atoms with Crippen LogP contribution in [0.25, 0.3) is 0 Å². The van der Waals surface area contributed by atoms with E-state index in [0.29, 0.717) is 6.42 Å². The quantitative estimate of drug-likeness (QED) is 0.368. The van der Waals surface area contributed by atoms with E-state index < -0.39 is 59.1 Å². The molecule has 1 heterocycles. The second-order valence-electron chi connectivity index (χ2n) is 8.12. The smallest absolute Gasteiger partial charge is 0.449 e.